The second-order valence-electron chi connectivity index (χ2n) is 4.64. The number of halogens is 2. The predicted octanol–water partition coefficient (Wildman–Crippen LogP) is 4.60. The lowest BCUT2D eigenvalue weighted by atomic mass is 10.1. The van der Waals surface area contributed by atoms with Crippen LogP contribution in [0.2, 0.25) is 0 Å². The molecule has 0 aliphatic rings. The smallest absolute Gasteiger partial charge is 0.150 e. The average molecular weight is 337 g/mol. The van der Waals surface area contributed by atoms with E-state index >= 15 is 0 Å². The van der Waals surface area contributed by atoms with Crippen molar-refractivity contribution in [3.05, 3.63) is 62.9 Å². The summed E-state index contributed by atoms with van der Waals surface area (Å²) in [4.78, 5) is 10.8. The van der Waals surface area contributed by atoms with Crippen molar-refractivity contribution in [2.45, 2.75) is 20.5 Å². The summed E-state index contributed by atoms with van der Waals surface area (Å²) in [7, 11) is 0. The van der Waals surface area contributed by atoms with Crippen LogP contribution in [0.3, 0.4) is 0 Å². The molecule has 0 saturated heterocycles. The number of carbonyl (C=O) groups is 1. The van der Waals surface area contributed by atoms with Crippen LogP contribution < -0.4 is 4.74 Å². The predicted molar refractivity (Wildman–Crippen MR) is 79.7 cm³/mol. The lowest BCUT2D eigenvalue weighted by Gasteiger charge is -2.13. The second-order valence-corrected chi connectivity index (χ2v) is 5.49. The highest BCUT2D eigenvalue weighted by Gasteiger charge is 2.07. The van der Waals surface area contributed by atoms with E-state index in [0.717, 1.165) is 28.7 Å². The number of hydrogen-bond donors (Lipinski definition) is 0. The highest BCUT2D eigenvalue weighted by molar-refractivity contribution is 9.10. The van der Waals surface area contributed by atoms with Crippen molar-refractivity contribution in [2.24, 2.45) is 0 Å². The normalized spacial score (nSPS) is 10.4. The number of benzene rings is 2. The van der Waals surface area contributed by atoms with Gasteiger partial charge < -0.3 is 4.74 Å². The molecule has 2 aromatic rings. The Morgan fingerprint density at radius 3 is 2.40 bits per heavy atom. The number of aldehydes is 1. The number of ether oxygens (including phenoxy) is 1. The van der Waals surface area contributed by atoms with Crippen molar-refractivity contribution < 1.29 is 13.9 Å². The number of hydrogen-bond acceptors (Lipinski definition) is 2. The lowest BCUT2D eigenvalue weighted by Crippen LogP contribution is -2.00. The standard InChI is InChI=1S/C16H14BrFO2/c1-10-5-13(8-19)6-11(2)16(10)20-9-12-3-4-15(18)14(17)7-12/h3-8H,9H2,1-2H3. The average Bonchev–Trinajstić information content (AvgIpc) is 2.41. The zero-order valence-corrected chi connectivity index (χ0v) is 12.8. The Morgan fingerprint density at radius 2 is 1.85 bits per heavy atom. The molecule has 4 heteroatoms. The van der Waals surface area contributed by atoms with E-state index < -0.39 is 0 Å². The first-order valence-corrected chi connectivity index (χ1v) is 6.93. The van der Waals surface area contributed by atoms with Gasteiger partial charge in [-0.25, -0.2) is 4.39 Å². The van der Waals surface area contributed by atoms with Crippen LogP contribution in [0, 0.1) is 19.7 Å². The first kappa shape index (κ1) is 14.7. The molecule has 2 nitrogen and oxygen atoms in total. The van der Waals surface area contributed by atoms with Gasteiger partial charge in [-0.05, 0) is 70.7 Å². The van der Waals surface area contributed by atoms with E-state index in [1.165, 1.54) is 6.07 Å². The molecule has 0 fully saturated rings. The molecule has 0 atom stereocenters. The molecule has 0 N–H and O–H groups in total. The van der Waals surface area contributed by atoms with Gasteiger partial charge in [-0.3, -0.25) is 4.79 Å². The van der Waals surface area contributed by atoms with Crippen LogP contribution in [0.5, 0.6) is 5.75 Å². The second kappa shape index (κ2) is 6.18. The third-order valence-electron chi connectivity index (χ3n) is 2.99. The third-order valence-corrected chi connectivity index (χ3v) is 3.59. The highest BCUT2D eigenvalue weighted by Crippen LogP contribution is 2.26. The van der Waals surface area contributed by atoms with Crippen LogP contribution in [-0.4, -0.2) is 6.29 Å². The molecule has 0 unspecified atom stereocenters. The monoisotopic (exact) mass is 336 g/mol. The van der Waals surface area contributed by atoms with E-state index in [2.05, 4.69) is 15.9 Å². The minimum atomic E-state index is -0.295. The van der Waals surface area contributed by atoms with Crippen LogP contribution in [0.4, 0.5) is 4.39 Å². The Kier molecular flexibility index (Phi) is 4.55. The Balaban J connectivity index is 2.18. The molecule has 0 aliphatic heterocycles. The van der Waals surface area contributed by atoms with Gasteiger partial charge in [-0.15, -0.1) is 0 Å². The Hall–Kier alpha value is -1.68. The minimum absolute atomic E-state index is 0.295. The van der Waals surface area contributed by atoms with Crippen LogP contribution in [0.25, 0.3) is 0 Å². The fraction of sp³-hybridized carbons (Fsp3) is 0.188. The van der Waals surface area contributed by atoms with Gasteiger partial charge in [0.2, 0.25) is 0 Å². The summed E-state index contributed by atoms with van der Waals surface area (Å²) < 4.78 is 19.4. The fourth-order valence-electron chi connectivity index (χ4n) is 2.06. The van der Waals surface area contributed by atoms with E-state index in [-0.39, 0.29) is 5.82 Å². The molecule has 0 heterocycles. The zero-order chi connectivity index (χ0) is 14.7. The molecule has 0 saturated carbocycles. The van der Waals surface area contributed by atoms with E-state index in [0.29, 0.717) is 16.6 Å². The number of aryl methyl sites for hydroxylation is 2. The van der Waals surface area contributed by atoms with E-state index in [1.807, 2.05) is 13.8 Å². The highest BCUT2D eigenvalue weighted by atomic mass is 79.9. The van der Waals surface area contributed by atoms with Crippen LogP contribution >= 0.6 is 15.9 Å². The molecule has 104 valence electrons. The maximum Gasteiger partial charge on any atom is 0.150 e. The molecule has 2 aromatic carbocycles. The quantitative estimate of drug-likeness (QED) is 0.763. The van der Waals surface area contributed by atoms with Gasteiger partial charge in [0.25, 0.3) is 0 Å². The van der Waals surface area contributed by atoms with Crippen molar-refractivity contribution in [2.75, 3.05) is 0 Å². The summed E-state index contributed by atoms with van der Waals surface area (Å²) in [6.45, 7) is 4.15. The van der Waals surface area contributed by atoms with E-state index in [1.54, 1.807) is 24.3 Å². The summed E-state index contributed by atoms with van der Waals surface area (Å²) >= 11 is 3.15. The molecule has 2 rings (SSSR count). The SMILES string of the molecule is Cc1cc(C=O)cc(C)c1OCc1ccc(F)c(Br)c1. The summed E-state index contributed by atoms with van der Waals surface area (Å²) in [5.74, 6) is 0.465. The maximum atomic E-state index is 13.2. The first-order valence-electron chi connectivity index (χ1n) is 6.14. The topological polar surface area (TPSA) is 26.3 Å². The van der Waals surface area contributed by atoms with Gasteiger partial charge in [0.15, 0.2) is 0 Å². The summed E-state index contributed by atoms with van der Waals surface area (Å²) in [5, 5.41) is 0. The van der Waals surface area contributed by atoms with Gasteiger partial charge in [0.05, 0.1) is 4.47 Å². The zero-order valence-electron chi connectivity index (χ0n) is 11.2. The maximum absolute atomic E-state index is 13.2. The summed E-state index contributed by atoms with van der Waals surface area (Å²) in [6.07, 6.45) is 0.820. The van der Waals surface area contributed by atoms with Crippen molar-refractivity contribution >= 4 is 22.2 Å². The van der Waals surface area contributed by atoms with E-state index in [4.69, 9.17) is 4.74 Å². The van der Waals surface area contributed by atoms with Gasteiger partial charge in [0.1, 0.15) is 24.5 Å². The summed E-state index contributed by atoms with van der Waals surface area (Å²) in [5.41, 5.74) is 3.33. The third kappa shape index (κ3) is 3.25. The van der Waals surface area contributed by atoms with Crippen molar-refractivity contribution in [1.82, 2.24) is 0 Å². The molecule has 0 aromatic heterocycles. The fourth-order valence-corrected chi connectivity index (χ4v) is 2.49. The van der Waals surface area contributed by atoms with Gasteiger partial charge >= 0.3 is 0 Å². The summed E-state index contributed by atoms with van der Waals surface area (Å²) in [6, 6.07) is 8.36. The molecular formula is C16H14BrFO2. The van der Waals surface area contributed by atoms with E-state index in [9.17, 15) is 9.18 Å². The van der Waals surface area contributed by atoms with Gasteiger partial charge in [-0.2, -0.15) is 0 Å². The largest absolute Gasteiger partial charge is 0.488 e. The van der Waals surface area contributed by atoms with Gasteiger partial charge in [-0.1, -0.05) is 6.07 Å². The molecule has 0 radical (unpaired) electrons. The number of carbonyl (C=O) groups excluding carboxylic acids is 1. The van der Waals surface area contributed by atoms with Crippen LogP contribution in [-0.2, 0) is 6.61 Å². The molecule has 0 spiro atoms. The van der Waals surface area contributed by atoms with Crippen molar-refractivity contribution in [3.63, 3.8) is 0 Å². The number of rotatable bonds is 4. The van der Waals surface area contributed by atoms with Gasteiger partial charge in [0, 0.05) is 5.56 Å². The Bertz CT molecular complexity index is 630. The minimum Gasteiger partial charge on any atom is -0.488 e. The Labute approximate surface area is 125 Å². The molecule has 0 amide bonds. The van der Waals surface area contributed by atoms with Crippen LogP contribution in [0.1, 0.15) is 27.0 Å². The molecule has 0 bridgehead atoms. The van der Waals surface area contributed by atoms with Crippen LogP contribution in [0.15, 0.2) is 34.8 Å². The Morgan fingerprint density at radius 1 is 1.20 bits per heavy atom. The lowest BCUT2D eigenvalue weighted by molar-refractivity contribution is 0.112. The molecular weight excluding hydrogens is 323 g/mol. The van der Waals surface area contributed by atoms with Crippen molar-refractivity contribution in [1.29, 1.82) is 0 Å². The first-order chi connectivity index (χ1) is 9.51. The molecule has 20 heavy (non-hydrogen) atoms. The van der Waals surface area contributed by atoms with Crippen molar-refractivity contribution in [3.8, 4) is 5.75 Å². The molecule has 0 aliphatic carbocycles.